The van der Waals surface area contributed by atoms with Gasteiger partial charge in [0.1, 0.15) is 30.5 Å². The minimum Gasteiger partial charge on any atom is -0.360 e. The Morgan fingerprint density at radius 2 is 0.808 bits per heavy atom. The number of anilines is 4. The highest BCUT2D eigenvalue weighted by Gasteiger charge is 2.47. The lowest BCUT2D eigenvalue weighted by molar-refractivity contribution is -0.118. The number of hydrogen-bond acceptors (Lipinski definition) is 20. The number of rotatable bonds is 16. The summed E-state index contributed by atoms with van der Waals surface area (Å²) in [5.41, 5.74) is 1.10. The van der Waals surface area contributed by atoms with E-state index < -0.39 is 82.0 Å². The number of benzene rings is 5. The topological polar surface area (TPSA) is 331 Å². The number of nitrogens with zero attached hydrogens (tertiary/aromatic N) is 4. The van der Waals surface area contributed by atoms with Crippen LogP contribution in [-0.2, 0) is 69.4 Å². The second-order valence-corrected chi connectivity index (χ2v) is 40.2. The fraction of sp³-hybridized carbons (Fsp3) is 0.323. The molecule has 34 heteroatoms. The first kappa shape index (κ1) is 81.4. The molecule has 4 aromatic heterocycles. The number of hydrogen-bond donors (Lipinski definition) is 4. The Kier molecular flexibility index (Phi) is 25.5. The zero-order chi connectivity index (χ0) is 74.6. The van der Waals surface area contributed by atoms with Gasteiger partial charge in [0.15, 0.2) is 61.2 Å². The van der Waals surface area contributed by atoms with Crippen LogP contribution in [0.25, 0.3) is 10.2 Å². The zero-order valence-electron chi connectivity index (χ0n) is 55.8. The first-order valence-corrected chi connectivity index (χ1v) is 39.2. The average Bonchev–Trinajstić information content (AvgIpc) is 1.01. The van der Waals surface area contributed by atoms with E-state index in [1.165, 1.54) is 169 Å². The molecule has 0 saturated heterocycles. The predicted molar refractivity (Wildman–Crippen MR) is 392 cm³/mol. The normalized spacial score (nSPS) is 12.6. The van der Waals surface area contributed by atoms with Gasteiger partial charge in [-0.3, -0.25) is 19.2 Å². The van der Waals surface area contributed by atoms with E-state index in [1.807, 2.05) is 71.2 Å². The van der Waals surface area contributed by atoms with E-state index in [-0.39, 0.29) is 52.1 Å². The van der Waals surface area contributed by atoms with E-state index in [4.69, 9.17) is 78.7 Å². The van der Waals surface area contributed by atoms with E-state index in [9.17, 15) is 52.8 Å². The minimum atomic E-state index is -4.09. The molecule has 0 radical (unpaired) electrons. The van der Waals surface area contributed by atoms with E-state index in [2.05, 4.69) is 41.5 Å². The second kappa shape index (κ2) is 31.0. The average molecular weight is 1590 g/mol. The van der Waals surface area contributed by atoms with Crippen LogP contribution in [0.2, 0.25) is 30.1 Å². The van der Waals surface area contributed by atoms with Crippen LogP contribution in [0.4, 0.5) is 21.9 Å². The van der Waals surface area contributed by atoms with Gasteiger partial charge in [-0.05, 0) is 159 Å². The van der Waals surface area contributed by atoms with Crippen LogP contribution in [0.1, 0.15) is 114 Å². The lowest BCUT2D eigenvalue weighted by atomic mass is 9.93. The van der Waals surface area contributed by atoms with Crippen molar-refractivity contribution in [3.05, 3.63) is 174 Å². The monoisotopic (exact) mass is 1590 g/mol. The molecular weight excluding hydrogens is 1520 g/mol. The number of carbonyl (C=O) groups excluding carboxylic acids is 4. The fourth-order valence-electron chi connectivity index (χ4n) is 7.98. The first-order chi connectivity index (χ1) is 45.4. The molecule has 99 heavy (non-hydrogen) atoms. The van der Waals surface area contributed by atoms with E-state index in [0.29, 0.717) is 41.9 Å². The number of aryl methyl sites for hydroxylation is 1. The van der Waals surface area contributed by atoms with Crippen LogP contribution < -0.4 is 21.3 Å². The number of nitrogens with one attached hydrogen (secondary N) is 4. The number of halogens is 6. The van der Waals surface area contributed by atoms with Gasteiger partial charge in [0.25, 0.3) is 0 Å². The van der Waals surface area contributed by atoms with Crippen LogP contribution in [0.5, 0.6) is 0 Å². The molecule has 0 aliphatic rings. The van der Waals surface area contributed by atoms with E-state index in [0.717, 1.165) is 15.9 Å². The Balaban J connectivity index is 0.000000208. The van der Waals surface area contributed by atoms with Crippen molar-refractivity contribution in [2.75, 3.05) is 21.3 Å². The summed E-state index contributed by atoms with van der Waals surface area (Å²) in [6, 6.07) is 30.0. The number of fused-ring (bicyclic) bond motifs is 1. The Labute approximate surface area is 612 Å². The van der Waals surface area contributed by atoms with Crippen molar-refractivity contribution in [1.82, 2.24) is 20.3 Å². The predicted octanol–water partition coefficient (Wildman–Crippen LogP) is 16.4. The molecule has 22 nitrogen and oxygen atoms in total. The summed E-state index contributed by atoms with van der Waals surface area (Å²) in [6.07, 6.45) is 0. The smallest absolute Gasteiger partial charge is 0.247 e. The van der Waals surface area contributed by atoms with Gasteiger partial charge in [-0.1, -0.05) is 145 Å². The number of carbonyl (C=O) groups is 4. The maximum absolute atomic E-state index is 13.0. The van der Waals surface area contributed by atoms with Crippen molar-refractivity contribution in [3.63, 3.8) is 0 Å². The molecule has 0 unspecified atom stereocenters. The Bertz CT molecular complexity index is 4780. The Morgan fingerprint density at radius 1 is 0.424 bits per heavy atom. The van der Waals surface area contributed by atoms with Crippen LogP contribution in [0.3, 0.4) is 0 Å². The standard InChI is InChI=1S/C17H20Cl2N2O4S.C17H20Cl2N2O3S2.C17H15ClN2O3S2.C14H15ClN2O4S/c1-16(2,3)13-9-14(21-25-13)20-15(22)17(4,5)26(23,24)12-7-6-10(18)8-11(12)19;1-16(2,3)13-9-25-15(20-13)21-14(22)17(4,5)26(23,24)12-7-6-10(18)8-11(12)19;1-17(2,25(22,23)12-9-7-11(18)8-10-12)15(21)20-16-19-13-5-3-4-6-14(13)24-16;1-9-8-12(17-21-9)16-13(18)14(2,3)22(19,20)11-6-4-10(15)5-7-11/h2*6-9H,1-5H3,(H,20,21,22);3-10H,1-2H3,(H,19,20,21);4-8H,1-3H3,(H,16,17,18). The number of thiazole rings is 2. The number of sulfone groups is 4. The largest absolute Gasteiger partial charge is 0.360 e. The molecule has 0 bridgehead atoms. The van der Waals surface area contributed by atoms with Gasteiger partial charge in [0, 0.05) is 48.4 Å². The fourth-order valence-corrected chi connectivity index (χ4v) is 17.0. The maximum atomic E-state index is 13.0. The summed E-state index contributed by atoms with van der Waals surface area (Å²) in [6.45, 7) is 24.1. The maximum Gasteiger partial charge on any atom is 0.247 e. The summed E-state index contributed by atoms with van der Waals surface area (Å²) in [7, 11) is -15.9. The molecule has 0 aliphatic carbocycles. The minimum absolute atomic E-state index is 0.0217. The van der Waals surface area contributed by atoms with Gasteiger partial charge in [-0.25, -0.2) is 43.6 Å². The molecule has 532 valence electrons. The lowest BCUT2D eigenvalue weighted by Gasteiger charge is -2.24. The van der Waals surface area contributed by atoms with Crippen LogP contribution in [0.15, 0.2) is 155 Å². The van der Waals surface area contributed by atoms with Crippen molar-refractivity contribution < 1.29 is 61.9 Å². The summed E-state index contributed by atoms with van der Waals surface area (Å²) in [4.78, 5) is 58.8. The van der Waals surface area contributed by atoms with Gasteiger partial charge >= 0.3 is 0 Å². The van der Waals surface area contributed by atoms with Gasteiger partial charge in [-0.2, -0.15) is 0 Å². The third-order valence-corrected chi connectivity index (χ3v) is 28.2. The highest BCUT2D eigenvalue weighted by molar-refractivity contribution is 7.94. The molecule has 0 spiro atoms. The zero-order valence-corrected chi connectivity index (χ0v) is 65.3. The van der Waals surface area contributed by atoms with Gasteiger partial charge in [0.2, 0.25) is 23.6 Å². The molecule has 0 aliphatic heterocycles. The number of amides is 4. The molecule has 0 saturated carbocycles. The van der Waals surface area contributed by atoms with Crippen LogP contribution >= 0.6 is 92.3 Å². The molecule has 0 fully saturated rings. The quantitative estimate of drug-likeness (QED) is 0.0698. The lowest BCUT2D eigenvalue weighted by Crippen LogP contribution is -2.44. The molecule has 4 heterocycles. The molecule has 4 N–H and O–H groups in total. The summed E-state index contributed by atoms with van der Waals surface area (Å²) in [5, 5.41) is 21.5. The second-order valence-electron chi connectivity index (χ2n) is 25.9. The summed E-state index contributed by atoms with van der Waals surface area (Å²) in [5.74, 6) is -1.39. The van der Waals surface area contributed by atoms with Crippen molar-refractivity contribution in [3.8, 4) is 0 Å². The van der Waals surface area contributed by atoms with Gasteiger partial charge < -0.3 is 30.3 Å². The molecular formula is C65H70Cl6N8O14S6. The van der Waals surface area contributed by atoms with Crippen molar-refractivity contribution >= 4 is 187 Å². The number of aromatic nitrogens is 4. The van der Waals surface area contributed by atoms with Crippen molar-refractivity contribution in [2.45, 2.75) is 153 Å². The highest BCUT2D eigenvalue weighted by atomic mass is 35.5. The van der Waals surface area contributed by atoms with E-state index in [1.54, 1.807) is 13.0 Å². The first-order valence-electron chi connectivity index (χ1n) is 29.3. The van der Waals surface area contributed by atoms with Crippen LogP contribution in [0, 0.1) is 6.92 Å². The third-order valence-electron chi connectivity index (χ3n) is 14.9. The number of para-hydroxylation sites is 1. The van der Waals surface area contributed by atoms with Crippen LogP contribution in [-0.4, -0.2) is 96.6 Å². The molecule has 5 aromatic carbocycles. The molecule has 9 rings (SSSR count). The molecule has 9 aromatic rings. The molecule has 4 amide bonds. The highest BCUT2D eigenvalue weighted by Crippen LogP contribution is 2.38. The van der Waals surface area contributed by atoms with E-state index >= 15 is 0 Å². The summed E-state index contributed by atoms with van der Waals surface area (Å²) >= 11 is 37.8. The SMILES string of the molecule is CC(C)(C(=O)Nc1nc2ccccc2s1)S(=O)(=O)c1ccc(Cl)cc1.CC(C)(C)c1cc(NC(=O)C(C)(C)S(=O)(=O)c2ccc(Cl)cc2Cl)no1.CC(C)(C)c1csc(NC(=O)C(C)(C)S(=O)(=O)c2ccc(Cl)cc2Cl)n1.Cc1cc(NC(=O)C(C)(C)S(=O)(=O)c2ccc(Cl)cc2)no1. The molecule has 0 atom stereocenters. The van der Waals surface area contributed by atoms with Gasteiger partial charge in [-0.15, -0.1) is 11.3 Å². The van der Waals surface area contributed by atoms with Crippen molar-refractivity contribution in [2.24, 2.45) is 0 Å². The third kappa shape index (κ3) is 18.8. The Hall–Kier alpha value is -6.54. The van der Waals surface area contributed by atoms with Gasteiger partial charge in [0.05, 0.1) is 45.5 Å². The van der Waals surface area contributed by atoms with Crippen molar-refractivity contribution in [1.29, 1.82) is 0 Å². The Morgan fingerprint density at radius 3 is 1.18 bits per heavy atom. The summed E-state index contributed by atoms with van der Waals surface area (Å²) < 4.78 is 107.